The number of carbonyl (C=O) groups is 2. The van der Waals surface area contributed by atoms with Crippen molar-refractivity contribution in [2.24, 2.45) is 0 Å². The van der Waals surface area contributed by atoms with Crippen LogP contribution in [0, 0.1) is 5.82 Å². The van der Waals surface area contributed by atoms with Gasteiger partial charge in [0.1, 0.15) is 28.7 Å². The summed E-state index contributed by atoms with van der Waals surface area (Å²) in [5.41, 5.74) is -0.0387. The van der Waals surface area contributed by atoms with Crippen LogP contribution in [0.2, 0.25) is 0 Å². The first-order chi connectivity index (χ1) is 15.4. The van der Waals surface area contributed by atoms with Crippen molar-refractivity contribution in [2.75, 3.05) is 6.79 Å². The fourth-order valence-electron chi connectivity index (χ4n) is 3.57. The van der Waals surface area contributed by atoms with Crippen LogP contribution in [0.15, 0.2) is 47.8 Å². The second kappa shape index (κ2) is 7.79. The van der Waals surface area contributed by atoms with Crippen LogP contribution in [0.25, 0.3) is 0 Å². The highest BCUT2D eigenvalue weighted by atomic mass is 32.1. The first-order valence-electron chi connectivity index (χ1n) is 9.78. The maximum Gasteiger partial charge on any atom is 0.325 e. The Labute approximate surface area is 186 Å². The van der Waals surface area contributed by atoms with E-state index in [4.69, 9.17) is 14.2 Å². The zero-order valence-corrected chi connectivity index (χ0v) is 17.8. The number of benzene rings is 2. The molecular formula is C22H18FN3O5S. The van der Waals surface area contributed by atoms with Gasteiger partial charge in [0.05, 0.1) is 12.2 Å². The molecule has 2 aromatic carbocycles. The fourth-order valence-corrected chi connectivity index (χ4v) is 4.27. The Morgan fingerprint density at radius 3 is 2.78 bits per heavy atom. The largest absolute Gasteiger partial charge is 0.486 e. The Kier molecular flexibility index (Phi) is 4.93. The van der Waals surface area contributed by atoms with Gasteiger partial charge in [0, 0.05) is 5.38 Å². The van der Waals surface area contributed by atoms with E-state index >= 15 is 0 Å². The molecule has 8 nitrogen and oxygen atoms in total. The van der Waals surface area contributed by atoms with Gasteiger partial charge < -0.3 is 19.5 Å². The SMILES string of the molecule is CC1(c2ccc3c(c2)OCO3)NC(=O)N(Cc2csc(COc3ccc(F)cc3)n2)C1=O. The molecule has 0 radical (unpaired) electrons. The van der Waals surface area contributed by atoms with Crippen LogP contribution in [-0.2, 0) is 23.5 Å². The van der Waals surface area contributed by atoms with Crippen LogP contribution in [0.4, 0.5) is 9.18 Å². The van der Waals surface area contributed by atoms with E-state index in [1.165, 1.54) is 35.6 Å². The van der Waals surface area contributed by atoms with Crippen molar-refractivity contribution in [1.29, 1.82) is 0 Å². The molecule has 1 N–H and O–H groups in total. The number of aromatic nitrogens is 1. The predicted octanol–water partition coefficient (Wildman–Crippen LogP) is 3.56. The maximum absolute atomic E-state index is 13.2. The number of thiazole rings is 1. The Morgan fingerprint density at radius 2 is 1.97 bits per heavy atom. The third-order valence-electron chi connectivity index (χ3n) is 5.32. The average molecular weight is 455 g/mol. The summed E-state index contributed by atoms with van der Waals surface area (Å²) in [5.74, 6) is 0.948. The van der Waals surface area contributed by atoms with Gasteiger partial charge >= 0.3 is 6.03 Å². The Balaban J connectivity index is 1.27. The van der Waals surface area contributed by atoms with Crippen LogP contribution < -0.4 is 19.5 Å². The highest BCUT2D eigenvalue weighted by molar-refractivity contribution is 7.09. The van der Waals surface area contributed by atoms with Crippen molar-refractivity contribution < 1.29 is 28.2 Å². The van der Waals surface area contributed by atoms with Gasteiger partial charge in [-0.05, 0) is 48.9 Å². The van der Waals surface area contributed by atoms with Gasteiger partial charge in [-0.2, -0.15) is 0 Å². The lowest BCUT2D eigenvalue weighted by Gasteiger charge is -2.22. The molecular weight excluding hydrogens is 437 g/mol. The smallest absolute Gasteiger partial charge is 0.325 e. The van der Waals surface area contributed by atoms with Crippen LogP contribution >= 0.6 is 11.3 Å². The highest BCUT2D eigenvalue weighted by Gasteiger charge is 2.49. The number of halogens is 1. The van der Waals surface area contributed by atoms with Crippen LogP contribution in [0.3, 0.4) is 0 Å². The monoisotopic (exact) mass is 455 g/mol. The van der Waals surface area contributed by atoms with Gasteiger partial charge in [-0.1, -0.05) is 6.07 Å². The van der Waals surface area contributed by atoms with Crippen LogP contribution in [0.5, 0.6) is 17.2 Å². The maximum atomic E-state index is 13.2. The summed E-state index contributed by atoms with van der Waals surface area (Å²) < 4.78 is 29.3. The number of nitrogens with zero attached hydrogens (tertiary/aromatic N) is 2. The predicted molar refractivity (Wildman–Crippen MR) is 112 cm³/mol. The molecule has 3 amide bonds. The van der Waals surface area contributed by atoms with Crippen molar-refractivity contribution in [1.82, 2.24) is 15.2 Å². The summed E-state index contributed by atoms with van der Waals surface area (Å²) in [4.78, 5) is 31.4. The molecule has 0 spiro atoms. The zero-order chi connectivity index (χ0) is 22.3. The summed E-state index contributed by atoms with van der Waals surface area (Å²) in [7, 11) is 0. The van der Waals surface area contributed by atoms with E-state index in [1.54, 1.807) is 30.5 Å². The lowest BCUT2D eigenvalue weighted by molar-refractivity contribution is -0.131. The molecule has 164 valence electrons. The first kappa shape index (κ1) is 20.3. The third kappa shape index (κ3) is 3.62. The molecule has 1 unspecified atom stereocenters. The van der Waals surface area contributed by atoms with Crippen molar-refractivity contribution in [3.8, 4) is 17.2 Å². The highest BCUT2D eigenvalue weighted by Crippen LogP contribution is 2.38. The summed E-state index contributed by atoms with van der Waals surface area (Å²) in [5, 5.41) is 5.23. The number of hydrogen-bond donors (Lipinski definition) is 1. The molecule has 3 heterocycles. The van der Waals surface area contributed by atoms with Gasteiger partial charge in [-0.25, -0.2) is 14.2 Å². The van der Waals surface area contributed by atoms with Gasteiger partial charge in [0.25, 0.3) is 5.91 Å². The second-order valence-corrected chi connectivity index (χ2v) is 8.43. The summed E-state index contributed by atoms with van der Waals surface area (Å²) in [6, 6.07) is 10.4. The van der Waals surface area contributed by atoms with E-state index < -0.39 is 11.6 Å². The van der Waals surface area contributed by atoms with E-state index in [2.05, 4.69) is 10.3 Å². The van der Waals surface area contributed by atoms with Crippen LogP contribution in [-0.4, -0.2) is 28.6 Å². The van der Waals surface area contributed by atoms with Crippen molar-refractivity contribution in [3.63, 3.8) is 0 Å². The number of amides is 3. The molecule has 32 heavy (non-hydrogen) atoms. The quantitative estimate of drug-likeness (QED) is 0.572. The summed E-state index contributed by atoms with van der Waals surface area (Å²) >= 11 is 1.36. The lowest BCUT2D eigenvalue weighted by Crippen LogP contribution is -2.40. The molecule has 2 aliphatic rings. The number of nitrogens with one attached hydrogen (secondary N) is 1. The number of hydrogen-bond acceptors (Lipinski definition) is 7. The number of rotatable bonds is 6. The Morgan fingerprint density at radius 1 is 1.19 bits per heavy atom. The first-order valence-corrected chi connectivity index (χ1v) is 10.7. The summed E-state index contributed by atoms with van der Waals surface area (Å²) in [6.45, 7) is 2.02. The molecule has 0 saturated carbocycles. The van der Waals surface area contributed by atoms with Gasteiger partial charge in [0.2, 0.25) is 6.79 Å². The number of ether oxygens (including phenoxy) is 3. The van der Waals surface area contributed by atoms with E-state index in [-0.39, 0.29) is 31.7 Å². The zero-order valence-electron chi connectivity index (χ0n) is 17.0. The Bertz CT molecular complexity index is 1200. The van der Waals surface area contributed by atoms with Gasteiger partial charge in [0.15, 0.2) is 11.5 Å². The molecule has 1 aromatic heterocycles. The fraction of sp³-hybridized carbons (Fsp3) is 0.227. The minimum atomic E-state index is -1.22. The van der Waals surface area contributed by atoms with Crippen molar-refractivity contribution >= 4 is 23.3 Å². The van der Waals surface area contributed by atoms with Gasteiger partial charge in [-0.3, -0.25) is 9.69 Å². The second-order valence-electron chi connectivity index (χ2n) is 7.49. The lowest BCUT2D eigenvalue weighted by atomic mass is 9.91. The molecule has 1 saturated heterocycles. The van der Waals surface area contributed by atoms with Crippen molar-refractivity contribution in [3.05, 3.63) is 69.9 Å². The standard InChI is InChI=1S/C22H18FN3O5S/c1-22(13-2-7-17-18(8-13)31-12-30-17)20(27)26(21(28)25-22)9-15-11-32-19(24-15)10-29-16-5-3-14(23)4-6-16/h2-8,11H,9-10,12H2,1H3,(H,25,28). The van der Waals surface area contributed by atoms with E-state index in [0.29, 0.717) is 33.5 Å². The average Bonchev–Trinajstić information content (AvgIpc) is 3.49. The third-order valence-corrected chi connectivity index (χ3v) is 6.19. The Hall–Kier alpha value is -3.66. The number of imide groups is 1. The minimum Gasteiger partial charge on any atom is -0.486 e. The number of urea groups is 1. The molecule has 1 atom stereocenters. The van der Waals surface area contributed by atoms with Crippen LogP contribution in [0.1, 0.15) is 23.2 Å². The van der Waals surface area contributed by atoms with Gasteiger partial charge in [-0.15, -0.1) is 11.3 Å². The molecule has 3 aromatic rings. The van der Waals surface area contributed by atoms with E-state index in [0.717, 1.165) is 4.90 Å². The number of carbonyl (C=O) groups excluding carboxylic acids is 2. The number of fused-ring (bicyclic) bond motifs is 1. The molecule has 5 rings (SSSR count). The molecule has 0 bridgehead atoms. The van der Waals surface area contributed by atoms with E-state index in [1.807, 2.05) is 0 Å². The van der Waals surface area contributed by atoms with Crippen molar-refractivity contribution in [2.45, 2.75) is 25.6 Å². The summed E-state index contributed by atoms with van der Waals surface area (Å²) in [6.07, 6.45) is 0. The molecule has 10 heteroatoms. The molecule has 1 fully saturated rings. The van der Waals surface area contributed by atoms with E-state index in [9.17, 15) is 14.0 Å². The molecule has 0 aliphatic carbocycles. The minimum absolute atomic E-state index is 0.0395. The normalized spacial score (nSPS) is 19.4. The topological polar surface area (TPSA) is 90.0 Å². The molecule has 2 aliphatic heterocycles.